The van der Waals surface area contributed by atoms with E-state index in [1.54, 1.807) is 11.8 Å². The number of benzene rings is 2. The Hall–Kier alpha value is -3.95. The number of aliphatic hydroxyl groups is 1. The molecular formula is C41H55N3O6. The van der Waals surface area contributed by atoms with Crippen LogP contribution in [0.2, 0.25) is 0 Å². The third-order valence-electron chi connectivity index (χ3n) is 9.53. The van der Waals surface area contributed by atoms with Crippen molar-refractivity contribution in [3.05, 3.63) is 82.2 Å². The van der Waals surface area contributed by atoms with Crippen LogP contribution < -0.4 is 4.90 Å². The van der Waals surface area contributed by atoms with Gasteiger partial charge in [-0.2, -0.15) is 0 Å². The fourth-order valence-electron chi connectivity index (χ4n) is 6.84. The normalized spacial score (nSPS) is 17.3. The first-order valence-electron chi connectivity index (χ1n) is 18.0. The molecule has 2 aliphatic rings. The van der Waals surface area contributed by atoms with Gasteiger partial charge in [0, 0.05) is 43.0 Å². The maximum Gasteiger partial charge on any atom is 0.410 e. The summed E-state index contributed by atoms with van der Waals surface area (Å²) in [5.74, 6) is -0.459. The van der Waals surface area contributed by atoms with Crippen molar-refractivity contribution in [3.63, 3.8) is 0 Å². The summed E-state index contributed by atoms with van der Waals surface area (Å²) in [6, 6.07) is 15.9. The molecule has 0 bridgehead atoms. The molecule has 2 unspecified atom stereocenters. The zero-order chi connectivity index (χ0) is 36.4. The molecule has 3 heterocycles. The van der Waals surface area contributed by atoms with Crippen molar-refractivity contribution in [2.45, 2.75) is 119 Å². The van der Waals surface area contributed by atoms with Crippen LogP contribution in [-0.2, 0) is 38.6 Å². The number of hydrogen-bond donors (Lipinski definition) is 1. The molecule has 5 rings (SSSR count). The van der Waals surface area contributed by atoms with Gasteiger partial charge in [-0.3, -0.25) is 4.98 Å². The highest BCUT2D eigenvalue weighted by atomic mass is 16.6. The number of aryl methyl sites for hydroxylation is 1. The van der Waals surface area contributed by atoms with Gasteiger partial charge in [-0.05, 0) is 95.4 Å². The van der Waals surface area contributed by atoms with Crippen LogP contribution in [0.5, 0.6) is 0 Å². The second kappa shape index (κ2) is 15.1. The number of anilines is 1. The summed E-state index contributed by atoms with van der Waals surface area (Å²) in [6.45, 7) is 20.5. The van der Waals surface area contributed by atoms with Gasteiger partial charge in [0.15, 0.2) is 6.10 Å². The number of aromatic nitrogens is 1. The van der Waals surface area contributed by atoms with Crippen LogP contribution in [0.4, 0.5) is 10.5 Å². The lowest BCUT2D eigenvalue weighted by Gasteiger charge is -2.41. The molecule has 0 saturated carbocycles. The zero-order valence-electron chi connectivity index (χ0n) is 31.3. The van der Waals surface area contributed by atoms with Crippen molar-refractivity contribution in [1.82, 2.24) is 9.88 Å². The number of rotatable bonds is 9. The van der Waals surface area contributed by atoms with E-state index in [2.05, 4.69) is 30.9 Å². The molecule has 0 spiro atoms. The topological polar surface area (TPSA) is 101 Å². The van der Waals surface area contributed by atoms with E-state index in [-0.39, 0.29) is 24.2 Å². The number of carbonyl (C=O) groups excluding carboxylic acids is 2. The summed E-state index contributed by atoms with van der Waals surface area (Å²) < 4.78 is 18.0. The monoisotopic (exact) mass is 685 g/mol. The molecule has 270 valence electrons. The molecule has 0 aliphatic carbocycles. The maximum atomic E-state index is 13.9. The third kappa shape index (κ3) is 8.85. The maximum absolute atomic E-state index is 13.9. The van der Waals surface area contributed by atoms with Gasteiger partial charge in [0.25, 0.3) is 0 Å². The molecule has 9 nitrogen and oxygen atoms in total. The van der Waals surface area contributed by atoms with Crippen LogP contribution >= 0.6 is 0 Å². The van der Waals surface area contributed by atoms with E-state index in [1.165, 1.54) is 0 Å². The van der Waals surface area contributed by atoms with Crippen molar-refractivity contribution in [1.29, 1.82) is 0 Å². The number of pyridine rings is 1. The fourth-order valence-corrected chi connectivity index (χ4v) is 6.84. The van der Waals surface area contributed by atoms with Crippen molar-refractivity contribution >= 4 is 17.7 Å². The Balaban J connectivity index is 1.59. The second-order valence-corrected chi connectivity index (χ2v) is 15.8. The Kier molecular flexibility index (Phi) is 11.3. The molecule has 50 heavy (non-hydrogen) atoms. The van der Waals surface area contributed by atoms with Crippen LogP contribution in [0.25, 0.3) is 11.1 Å². The lowest BCUT2D eigenvalue weighted by atomic mass is 9.81. The van der Waals surface area contributed by atoms with E-state index >= 15 is 0 Å². The van der Waals surface area contributed by atoms with Gasteiger partial charge in [-0.1, -0.05) is 62.4 Å². The van der Waals surface area contributed by atoms with Crippen molar-refractivity contribution in [2.75, 3.05) is 24.5 Å². The number of esters is 1. The minimum Gasteiger partial charge on any atom is -0.461 e. The lowest BCUT2D eigenvalue weighted by molar-refractivity contribution is -0.171. The third-order valence-corrected chi connectivity index (χ3v) is 9.53. The van der Waals surface area contributed by atoms with E-state index in [0.29, 0.717) is 36.5 Å². The molecule has 1 amide bonds. The Morgan fingerprint density at radius 2 is 1.66 bits per heavy atom. The highest BCUT2D eigenvalue weighted by molar-refractivity contribution is 5.89. The van der Waals surface area contributed by atoms with Crippen LogP contribution in [0.1, 0.15) is 114 Å². The summed E-state index contributed by atoms with van der Waals surface area (Å²) in [4.78, 5) is 36.0. The Morgan fingerprint density at radius 1 is 0.980 bits per heavy atom. The molecule has 1 fully saturated rings. The summed E-state index contributed by atoms with van der Waals surface area (Å²) >= 11 is 0. The summed E-state index contributed by atoms with van der Waals surface area (Å²) in [5.41, 5.74) is 7.07. The van der Waals surface area contributed by atoms with Crippen LogP contribution in [-0.4, -0.2) is 58.4 Å². The highest BCUT2D eigenvalue weighted by Crippen LogP contribution is 2.47. The Labute approximate surface area is 297 Å². The van der Waals surface area contributed by atoms with Gasteiger partial charge in [-0.25, -0.2) is 9.59 Å². The SMILES string of the molecule is Cc1nc(C(C)O)c(-c2ccc3c(c2)CCN(C(=O)OCc2ccccc2)C3)c(N2CCC(C)(C)CC2)c1C(OC(C)(C)C)C(=O)OC(C)C. The van der Waals surface area contributed by atoms with Crippen LogP contribution in [0.3, 0.4) is 0 Å². The van der Waals surface area contributed by atoms with Gasteiger partial charge < -0.3 is 29.1 Å². The molecule has 1 N–H and O–H groups in total. The van der Waals surface area contributed by atoms with Gasteiger partial charge >= 0.3 is 12.1 Å². The number of fused-ring (bicyclic) bond motifs is 1. The predicted molar refractivity (Wildman–Crippen MR) is 196 cm³/mol. The number of amides is 1. The standard InChI is InChI=1S/C41H55N3O6/c1-26(2)49-38(46)37(50-40(5,6)7)33-27(3)42-35(28(4)45)34(36(33)43-21-18-41(8,9)19-22-43)31-15-16-32-24-44(20-17-30(32)23-31)39(47)48-25-29-13-11-10-12-14-29/h10-16,23,26,28,37,45H,17-22,24-25H2,1-9H3. The Morgan fingerprint density at radius 3 is 2.28 bits per heavy atom. The van der Waals surface area contributed by atoms with E-state index in [0.717, 1.165) is 59.4 Å². The average Bonchev–Trinajstić information content (AvgIpc) is 3.05. The molecule has 0 radical (unpaired) electrons. The first-order chi connectivity index (χ1) is 23.5. The first-order valence-corrected chi connectivity index (χ1v) is 18.0. The fraction of sp³-hybridized carbons (Fsp3) is 0.537. The number of nitrogens with zero attached hydrogens (tertiary/aromatic N) is 3. The smallest absolute Gasteiger partial charge is 0.410 e. The molecule has 2 atom stereocenters. The molecule has 2 aromatic carbocycles. The summed E-state index contributed by atoms with van der Waals surface area (Å²) in [7, 11) is 0. The minimum absolute atomic E-state index is 0.184. The largest absolute Gasteiger partial charge is 0.461 e. The van der Waals surface area contributed by atoms with Gasteiger partial charge in [0.1, 0.15) is 6.61 Å². The molecule has 9 heteroatoms. The first kappa shape index (κ1) is 37.3. The number of piperidine rings is 1. The number of aliphatic hydroxyl groups excluding tert-OH is 1. The summed E-state index contributed by atoms with van der Waals surface area (Å²) in [6.07, 6.45) is 0.0493. The van der Waals surface area contributed by atoms with Crippen molar-refractivity contribution < 1.29 is 28.9 Å². The van der Waals surface area contributed by atoms with Crippen molar-refractivity contribution in [3.8, 4) is 11.1 Å². The molecule has 1 aromatic heterocycles. The van der Waals surface area contributed by atoms with E-state index in [1.807, 2.05) is 77.9 Å². The van der Waals surface area contributed by atoms with E-state index < -0.39 is 23.8 Å². The predicted octanol–water partition coefficient (Wildman–Crippen LogP) is 8.24. The average molecular weight is 686 g/mol. The van der Waals surface area contributed by atoms with E-state index in [4.69, 9.17) is 19.2 Å². The van der Waals surface area contributed by atoms with Gasteiger partial charge in [0.05, 0.1) is 29.2 Å². The van der Waals surface area contributed by atoms with Gasteiger partial charge in [0.2, 0.25) is 0 Å². The van der Waals surface area contributed by atoms with Crippen molar-refractivity contribution in [2.24, 2.45) is 5.41 Å². The molecule has 3 aromatic rings. The highest BCUT2D eigenvalue weighted by Gasteiger charge is 2.38. The van der Waals surface area contributed by atoms with Crippen LogP contribution in [0, 0.1) is 12.3 Å². The summed E-state index contributed by atoms with van der Waals surface area (Å²) in [5, 5.41) is 11.2. The Bertz CT molecular complexity index is 1670. The number of carbonyl (C=O) groups is 2. The lowest BCUT2D eigenvalue weighted by Crippen LogP contribution is -2.40. The molecular weight excluding hydrogens is 630 g/mol. The molecule has 1 saturated heterocycles. The minimum atomic E-state index is -1.02. The quantitative estimate of drug-likeness (QED) is 0.225. The molecule has 2 aliphatic heterocycles. The number of ether oxygens (including phenoxy) is 3. The number of hydrogen-bond acceptors (Lipinski definition) is 8. The zero-order valence-corrected chi connectivity index (χ0v) is 31.3. The van der Waals surface area contributed by atoms with E-state index in [9.17, 15) is 14.7 Å². The van der Waals surface area contributed by atoms with Gasteiger partial charge in [-0.15, -0.1) is 0 Å². The second-order valence-electron chi connectivity index (χ2n) is 15.8. The van der Waals surface area contributed by atoms with Crippen LogP contribution in [0.15, 0.2) is 48.5 Å².